The summed E-state index contributed by atoms with van der Waals surface area (Å²) in [5.74, 6) is -0.488. The van der Waals surface area contributed by atoms with Crippen molar-refractivity contribution in [3.63, 3.8) is 0 Å². The summed E-state index contributed by atoms with van der Waals surface area (Å²) >= 11 is 0. The van der Waals surface area contributed by atoms with E-state index in [1.165, 1.54) is 19.1 Å². The first-order valence-electron chi connectivity index (χ1n) is 8.25. The number of halogens is 1. The van der Waals surface area contributed by atoms with Crippen LogP contribution >= 0.6 is 0 Å². The molecule has 5 nitrogen and oxygen atoms in total. The highest BCUT2D eigenvalue weighted by atomic mass is 32.2. The van der Waals surface area contributed by atoms with Crippen molar-refractivity contribution in [2.45, 2.75) is 45.6 Å². The van der Waals surface area contributed by atoms with Crippen LogP contribution < -0.4 is 9.46 Å². The van der Waals surface area contributed by atoms with Crippen molar-refractivity contribution in [3.05, 3.63) is 29.6 Å². The third kappa shape index (κ3) is 5.01. The average Bonchev–Trinajstić information content (AvgIpc) is 2.53. The SMILES string of the molecule is CCS(=O)(=O)NC1CCCCC1COc1ccc(C(C)=O)c(F)c1. The summed E-state index contributed by atoms with van der Waals surface area (Å²) < 4.78 is 45.8. The Bertz CT molecular complexity index is 690. The van der Waals surface area contributed by atoms with Gasteiger partial charge in [0.2, 0.25) is 10.0 Å². The van der Waals surface area contributed by atoms with Crippen molar-refractivity contribution in [2.24, 2.45) is 5.92 Å². The molecule has 0 bridgehead atoms. The van der Waals surface area contributed by atoms with Crippen LogP contribution in [0.25, 0.3) is 0 Å². The number of rotatable bonds is 7. The van der Waals surface area contributed by atoms with Crippen molar-refractivity contribution in [3.8, 4) is 5.75 Å². The minimum Gasteiger partial charge on any atom is -0.493 e. The summed E-state index contributed by atoms with van der Waals surface area (Å²) in [4.78, 5) is 11.2. The fraction of sp³-hybridized carbons (Fsp3) is 0.588. The Morgan fingerprint density at radius 2 is 2.04 bits per heavy atom. The summed E-state index contributed by atoms with van der Waals surface area (Å²) in [5, 5.41) is 0. The van der Waals surface area contributed by atoms with E-state index in [1.54, 1.807) is 13.0 Å². The predicted molar refractivity (Wildman–Crippen MR) is 90.2 cm³/mol. The number of hydrogen-bond acceptors (Lipinski definition) is 4. The molecular formula is C17H24FNO4S. The minimum absolute atomic E-state index is 0.0357. The van der Waals surface area contributed by atoms with Gasteiger partial charge in [-0.2, -0.15) is 0 Å². The van der Waals surface area contributed by atoms with Crippen LogP contribution in [0.3, 0.4) is 0 Å². The molecular weight excluding hydrogens is 333 g/mol. The molecule has 1 aromatic rings. The van der Waals surface area contributed by atoms with Crippen LogP contribution in [0.15, 0.2) is 18.2 Å². The molecule has 0 saturated heterocycles. The van der Waals surface area contributed by atoms with E-state index in [1.807, 2.05) is 0 Å². The Balaban J connectivity index is 2.01. The summed E-state index contributed by atoms with van der Waals surface area (Å²) in [5.41, 5.74) is 0.0357. The summed E-state index contributed by atoms with van der Waals surface area (Å²) in [6.45, 7) is 3.23. The Kier molecular flexibility index (Phi) is 6.34. The van der Waals surface area contributed by atoms with E-state index in [0.29, 0.717) is 12.4 Å². The molecule has 0 radical (unpaired) electrons. The third-order valence-electron chi connectivity index (χ3n) is 4.40. The van der Waals surface area contributed by atoms with Crippen LogP contribution in [0.4, 0.5) is 4.39 Å². The molecule has 134 valence electrons. The average molecular weight is 357 g/mol. The van der Waals surface area contributed by atoms with Gasteiger partial charge in [0.1, 0.15) is 11.6 Å². The molecule has 1 aromatic carbocycles. The second kappa shape index (κ2) is 8.07. The van der Waals surface area contributed by atoms with Crippen LogP contribution in [0, 0.1) is 11.7 Å². The van der Waals surface area contributed by atoms with Gasteiger partial charge in [-0.25, -0.2) is 17.5 Å². The largest absolute Gasteiger partial charge is 0.493 e. The Morgan fingerprint density at radius 1 is 1.33 bits per heavy atom. The van der Waals surface area contributed by atoms with Crippen LogP contribution in [-0.4, -0.2) is 32.6 Å². The standard InChI is InChI=1S/C17H24FNO4S/c1-3-24(21,22)19-17-7-5-4-6-13(17)11-23-14-8-9-15(12(2)20)16(18)10-14/h8-10,13,17,19H,3-7,11H2,1-2H3. The first-order chi connectivity index (χ1) is 11.3. The van der Waals surface area contributed by atoms with E-state index >= 15 is 0 Å². The van der Waals surface area contributed by atoms with Gasteiger partial charge in [0.15, 0.2) is 5.78 Å². The second-order valence-electron chi connectivity index (χ2n) is 6.18. The molecule has 0 spiro atoms. The first-order valence-corrected chi connectivity index (χ1v) is 9.91. The van der Waals surface area contributed by atoms with E-state index in [9.17, 15) is 17.6 Å². The van der Waals surface area contributed by atoms with E-state index in [4.69, 9.17) is 4.74 Å². The van der Waals surface area contributed by atoms with Gasteiger partial charge in [0, 0.05) is 18.0 Å². The lowest BCUT2D eigenvalue weighted by molar-refractivity contribution is 0.101. The number of carbonyl (C=O) groups is 1. The molecule has 1 fully saturated rings. The molecule has 1 aliphatic rings. The topological polar surface area (TPSA) is 72.5 Å². The lowest BCUT2D eigenvalue weighted by Gasteiger charge is -2.31. The van der Waals surface area contributed by atoms with Crippen LogP contribution in [-0.2, 0) is 10.0 Å². The number of carbonyl (C=O) groups excluding carboxylic acids is 1. The van der Waals surface area contributed by atoms with Crippen LogP contribution in [0.1, 0.15) is 49.9 Å². The highest BCUT2D eigenvalue weighted by molar-refractivity contribution is 7.89. The maximum absolute atomic E-state index is 13.8. The van der Waals surface area contributed by atoms with Gasteiger partial charge in [-0.1, -0.05) is 12.8 Å². The summed E-state index contributed by atoms with van der Waals surface area (Å²) in [7, 11) is -3.26. The number of benzene rings is 1. The smallest absolute Gasteiger partial charge is 0.211 e. The van der Waals surface area contributed by atoms with E-state index < -0.39 is 15.8 Å². The minimum atomic E-state index is -3.26. The number of ether oxygens (including phenoxy) is 1. The van der Waals surface area contributed by atoms with Gasteiger partial charge in [0.05, 0.1) is 17.9 Å². The van der Waals surface area contributed by atoms with Gasteiger partial charge >= 0.3 is 0 Å². The summed E-state index contributed by atoms with van der Waals surface area (Å²) in [6.07, 6.45) is 3.65. The predicted octanol–water partition coefficient (Wildman–Crippen LogP) is 2.91. The first kappa shape index (κ1) is 18.9. The van der Waals surface area contributed by atoms with Gasteiger partial charge in [-0.05, 0) is 38.8 Å². The van der Waals surface area contributed by atoms with Crippen molar-refractivity contribution in [2.75, 3.05) is 12.4 Å². The molecule has 2 rings (SSSR count). The van der Waals surface area contributed by atoms with Crippen molar-refractivity contribution in [1.82, 2.24) is 4.72 Å². The van der Waals surface area contributed by atoms with Crippen LogP contribution in [0.2, 0.25) is 0 Å². The number of nitrogens with one attached hydrogen (secondary N) is 1. The number of Topliss-reactive ketones (excluding diaryl/α,β-unsaturated/α-hetero) is 1. The maximum Gasteiger partial charge on any atom is 0.211 e. The third-order valence-corrected chi connectivity index (χ3v) is 5.83. The second-order valence-corrected chi connectivity index (χ2v) is 8.22. The Hall–Kier alpha value is -1.47. The van der Waals surface area contributed by atoms with Gasteiger partial charge in [-0.3, -0.25) is 4.79 Å². The highest BCUT2D eigenvalue weighted by Gasteiger charge is 2.28. The summed E-state index contributed by atoms with van der Waals surface area (Å²) in [6, 6.07) is 4.02. The van der Waals surface area contributed by atoms with Crippen molar-refractivity contribution >= 4 is 15.8 Å². The normalized spacial score (nSPS) is 21.5. The van der Waals surface area contributed by atoms with Gasteiger partial charge < -0.3 is 4.74 Å². The van der Waals surface area contributed by atoms with Gasteiger partial charge in [-0.15, -0.1) is 0 Å². The number of hydrogen-bond donors (Lipinski definition) is 1. The van der Waals surface area contributed by atoms with E-state index in [2.05, 4.69) is 4.72 Å². The zero-order valence-corrected chi connectivity index (χ0v) is 14.9. The van der Waals surface area contributed by atoms with Crippen molar-refractivity contribution < 1.29 is 22.3 Å². The van der Waals surface area contributed by atoms with Crippen molar-refractivity contribution in [1.29, 1.82) is 0 Å². The fourth-order valence-corrected chi connectivity index (χ4v) is 3.89. The molecule has 1 N–H and O–H groups in total. The number of ketones is 1. The molecule has 0 amide bonds. The zero-order chi connectivity index (χ0) is 17.7. The highest BCUT2D eigenvalue weighted by Crippen LogP contribution is 2.26. The fourth-order valence-electron chi connectivity index (χ4n) is 2.95. The molecule has 0 heterocycles. The quantitative estimate of drug-likeness (QED) is 0.762. The molecule has 0 aromatic heterocycles. The van der Waals surface area contributed by atoms with E-state index in [0.717, 1.165) is 25.7 Å². The molecule has 1 aliphatic carbocycles. The molecule has 7 heteroatoms. The molecule has 1 saturated carbocycles. The lowest BCUT2D eigenvalue weighted by Crippen LogP contribution is -2.44. The lowest BCUT2D eigenvalue weighted by atomic mass is 9.86. The Morgan fingerprint density at radius 3 is 2.67 bits per heavy atom. The molecule has 2 atom stereocenters. The number of sulfonamides is 1. The molecule has 24 heavy (non-hydrogen) atoms. The Labute approximate surface area is 142 Å². The van der Waals surface area contributed by atoms with E-state index in [-0.39, 0.29) is 29.1 Å². The monoisotopic (exact) mass is 357 g/mol. The zero-order valence-electron chi connectivity index (χ0n) is 14.0. The maximum atomic E-state index is 13.8. The molecule has 2 unspecified atom stereocenters. The van der Waals surface area contributed by atoms with Gasteiger partial charge in [0.25, 0.3) is 0 Å². The molecule has 0 aliphatic heterocycles. The van der Waals surface area contributed by atoms with Crippen LogP contribution in [0.5, 0.6) is 5.75 Å².